The van der Waals surface area contributed by atoms with Crippen LogP contribution in [0.5, 0.6) is 0 Å². The molecular weight excluding hydrogens is 713 g/mol. The number of para-hydroxylation sites is 2. The minimum atomic E-state index is 0.583. The molecule has 0 spiro atoms. The van der Waals surface area contributed by atoms with Crippen molar-refractivity contribution in [2.75, 3.05) is 0 Å². The fourth-order valence-electron chi connectivity index (χ4n) is 8.39. The smallest absolute Gasteiger partial charge is 0.164 e. The van der Waals surface area contributed by atoms with Gasteiger partial charge in [0, 0.05) is 65.5 Å². The molecule has 0 fully saturated rings. The molecule has 0 saturated carbocycles. The summed E-state index contributed by atoms with van der Waals surface area (Å²) in [7, 11) is 0. The van der Waals surface area contributed by atoms with Crippen LogP contribution in [0, 0.1) is 0 Å². The number of rotatable bonds is 5. The summed E-state index contributed by atoms with van der Waals surface area (Å²) < 4.78 is 13.4. The molecule has 270 valence electrons. The van der Waals surface area contributed by atoms with E-state index in [1.165, 1.54) is 0 Å². The van der Waals surface area contributed by atoms with Crippen LogP contribution in [0.15, 0.2) is 191 Å². The van der Waals surface area contributed by atoms with Crippen molar-refractivity contribution >= 4 is 65.6 Å². The third kappa shape index (κ3) is 5.12. The maximum Gasteiger partial charge on any atom is 0.164 e. The van der Waals surface area contributed by atoms with E-state index in [1.54, 1.807) is 0 Å². The number of benzene rings is 8. The van der Waals surface area contributed by atoms with Gasteiger partial charge in [-0.3, -0.25) is 0 Å². The van der Waals surface area contributed by atoms with Crippen LogP contribution in [-0.4, -0.2) is 19.9 Å². The molecule has 0 N–H and O–H groups in total. The maximum atomic E-state index is 6.79. The standard InChI is InChI=1S/C52H30N4O2/c1-4-13-31(14-5-1)48-40-27-28-43-47(46(40)39-19-10-11-22-42(39)53-48)41-21-12-20-36(49(41)58-43)34-23-25-37-38-26-24-35(30-45(38)57-44(37)29-34)52-55-50(32-15-6-2-7-16-32)54-51(56-52)33-17-8-3-9-18-33/h1-30H. The van der Waals surface area contributed by atoms with Gasteiger partial charge < -0.3 is 8.83 Å². The van der Waals surface area contributed by atoms with Crippen LogP contribution < -0.4 is 0 Å². The van der Waals surface area contributed by atoms with Gasteiger partial charge in [-0.05, 0) is 48.0 Å². The highest BCUT2D eigenvalue weighted by atomic mass is 16.3. The zero-order chi connectivity index (χ0) is 38.2. The molecule has 6 heteroatoms. The zero-order valence-electron chi connectivity index (χ0n) is 30.9. The highest BCUT2D eigenvalue weighted by Gasteiger charge is 2.20. The van der Waals surface area contributed by atoms with E-state index in [2.05, 4.69) is 103 Å². The molecule has 0 saturated heterocycles. The van der Waals surface area contributed by atoms with Gasteiger partial charge in [-0.25, -0.2) is 19.9 Å². The highest BCUT2D eigenvalue weighted by Crippen LogP contribution is 2.44. The van der Waals surface area contributed by atoms with Gasteiger partial charge in [-0.15, -0.1) is 0 Å². The first-order valence-corrected chi connectivity index (χ1v) is 19.3. The van der Waals surface area contributed by atoms with E-state index in [4.69, 9.17) is 28.8 Å². The van der Waals surface area contributed by atoms with E-state index < -0.39 is 0 Å². The molecule has 4 heterocycles. The third-order valence-electron chi connectivity index (χ3n) is 11.1. The van der Waals surface area contributed by atoms with Crippen LogP contribution >= 0.6 is 0 Å². The van der Waals surface area contributed by atoms with Crippen molar-refractivity contribution in [3.8, 4) is 56.5 Å². The van der Waals surface area contributed by atoms with Crippen molar-refractivity contribution in [1.29, 1.82) is 0 Å². The molecule has 0 bridgehead atoms. The molecular formula is C52H30N4O2. The minimum absolute atomic E-state index is 0.583. The number of pyridine rings is 1. The second-order valence-corrected chi connectivity index (χ2v) is 14.6. The van der Waals surface area contributed by atoms with E-state index in [1.807, 2.05) is 78.9 Å². The molecule has 0 radical (unpaired) electrons. The normalized spacial score (nSPS) is 11.8. The maximum absolute atomic E-state index is 6.79. The van der Waals surface area contributed by atoms with E-state index in [9.17, 15) is 0 Å². The lowest BCUT2D eigenvalue weighted by Crippen LogP contribution is -2.00. The lowest BCUT2D eigenvalue weighted by Gasteiger charge is -2.11. The van der Waals surface area contributed by atoms with Gasteiger partial charge in [0.1, 0.15) is 22.3 Å². The van der Waals surface area contributed by atoms with Crippen molar-refractivity contribution in [3.05, 3.63) is 182 Å². The van der Waals surface area contributed by atoms with Crippen LogP contribution in [-0.2, 0) is 0 Å². The van der Waals surface area contributed by atoms with Gasteiger partial charge in [0.05, 0.1) is 11.2 Å². The lowest BCUT2D eigenvalue weighted by atomic mass is 9.95. The highest BCUT2D eigenvalue weighted by molar-refractivity contribution is 6.29. The largest absolute Gasteiger partial charge is 0.456 e. The van der Waals surface area contributed by atoms with Crippen molar-refractivity contribution in [3.63, 3.8) is 0 Å². The first-order chi connectivity index (χ1) is 28.7. The van der Waals surface area contributed by atoms with Crippen LogP contribution in [0.3, 0.4) is 0 Å². The molecule has 4 aromatic heterocycles. The molecule has 0 unspecified atom stereocenters. The van der Waals surface area contributed by atoms with Crippen molar-refractivity contribution in [1.82, 2.24) is 19.9 Å². The Balaban J connectivity index is 0.999. The topological polar surface area (TPSA) is 77.8 Å². The summed E-state index contributed by atoms with van der Waals surface area (Å²) in [6, 6.07) is 62.1. The van der Waals surface area contributed by atoms with Crippen LogP contribution in [0.1, 0.15) is 0 Å². The second kappa shape index (κ2) is 12.8. The van der Waals surface area contributed by atoms with Gasteiger partial charge in [0.25, 0.3) is 0 Å². The molecule has 0 atom stereocenters. The SMILES string of the molecule is c1ccc(-c2nc(-c3ccccc3)nc(-c3ccc4c(c3)oc3cc(-c5cccc6c5oc5ccc7c(-c8ccccc8)nc8ccccc8c7c56)ccc34)n2)cc1. The van der Waals surface area contributed by atoms with E-state index in [0.717, 1.165) is 105 Å². The summed E-state index contributed by atoms with van der Waals surface area (Å²) >= 11 is 0. The van der Waals surface area contributed by atoms with E-state index in [-0.39, 0.29) is 0 Å². The number of furan rings is 2. The van der Waals surface area contributed by atoms with Gasteiger partial charge in [0.15, 0.2) is 17.5 Å². The Morgan fingerprint density at radius 1 is 0.310 bits per heavy atom. The van der Waals surface area contributed by atoms with Crippen molar-refractivity contribution in [2.45, 2.75) is 0 Å². The van der Waals surface area contributed by atoms with Crippen molar-refractivity contribution in [2.24, 2.45) is 0 Å². The third-order valence-corrected chi connectivity index (χ3v) is 11.1. The summed E-state index contributed by atoms with van der Waals surface area (Å²) in [5, 5.41) is 7.55. The molecule has 0 aliphatic rings. The van der Waals surface area contributed by atoms with E-state index >= 15 is 0 Å². The number of hydrogen-bond donors (Lipinski definition) is 0. The number of nitrogens with zero attached hydrogens (tertiary/aromatic N) is 4. The second-order valence-electron chi connectivity index (χ2n) is 14.6. The van der Waals surface area contributed by atoms with Gasteiger partial charge in [-0.1, -0.05) is 140 Å². The lowest BCUT2D eigenvalue weighted by molar-refractivity contribution is 0.668. The summed E-state index contributed by atoms with van der Waals surface area (Å²) in [6.07, 6.45) is 0. The number of fused-ring (bicyclic) bond motifs is 10. The fourth-order valence-corrected chi connectivity index (χ4v) is 8.39. The summed E-state index contributed by atoms with van der Waals surface area (Å²) in [4.78, 5) is 19.9. The Bertz CT molecular complexity index is 3500. The number of hydrogen-bond acceptors (Lipinski definition) is 6. The Kier molecular flexibility index (Phi) is 7.13. The first-order valence-electron chi connectivity index (χ1n) is 19.3. The van der Waals surface area contributed by atoms with Crippen LogP contribution in [0.25, 0.3) is 122 Å². The Hall–Kier alpha value is -7.96. The van der Waals surface area contributed by atoms with Crippen LogP contribution in [0.2, 0.25) is 0 Å². The Morgan fingerprint density at radius 3 is 1.55 bits per heavy atom. The molecule has 12 aromatic rings. The summed E-state index contributed by atoms with van der Waals surface area (Å²) in [5.74, 6) is 1.82. The summed E-state index contributed by atoms with van der Waals surface area (Å²) in [6.45, 7) is 0. The van der Waals surface area contributed by atoms with Gasteiger partial charge >= 0.3 is 0 Å². The molecule has 0 aliphatic heterocycles. The average Bonchev–Trinajstić information content (AvgIpc) is 3.87. The monoisotopic (exact) mass is 742 g/mol. The molecule has 12 rings (SSSR count). The molecule has 0 amide bonds. The molecule has 6 nitrogen and oxygen atoms in total. The molecule has 0 aliphatic carbocycles. The molecule has 58 heavy (non-hydrogen) atoms. The fraction of sp³-hybridized carbons (Fsp3) is 0. The van der Waals surface area contributed by atoms with Gasteiger partial charge in [0.2, 0.25) is 0 Å². The minimum Gasteiger partial charge on any atom is -0.456 e. The summed E-state index contributed by atoms with van der Waals surface area (Å²) in [5.41, 5.74) is 10.9. The van der Waals surface area contributed by atoms with Crippen LogP contribution in [0.4, 0.5) is 0 Å². The Morgan fingerprint density at radius 2 is 0.862 bits per heavy atom. The van der Waals surface area contributed by atoms with E-state index in [0.29, 0.717) is 17.5 Å². The molecule has 8 aromatic carbocycles. The van der Waals surface area contributed by atoms with Crippen molar-refractivity contribution < 1.29 is 8.83 Å². The predicted molar refractivity (Wildman–Crippen MR) is 234 cm³/mol. The Labute approximate surface area is 331 Å². The zero-order valence-corrected chi connectivity index (χ0v) is 30.9. The number of aromatic nitrogens is 4. The first kappa shape index (κ1) is 32.3. The average molecular weight is 743 g/mol. The predicted octanol–water partition coefficient (Wildman–Crippen LogP) is 13.7. The van der Waals surface area contributed by atoms with Gasteiger partial charge in [-0.2, -0.15) is 0 Å². The quantitative estimate of drug-likeness (QED) is 0.163.